The molecule has 0 aliphatic carbocycles. The Hall–Kier alpha value is -5.45. The van der Waals surface area contributed by atoms with Crippen LogP contribution in [0.5, 0.6) is 0 Å². The lowest BCUT2D eigenvalue weighted by Crippen LogP contribution is -2.34. The second kappa shape index (κ2) is 51.0. The molecule has 0 fully saturated rings. The van der Waals surface area contributed by atoms with Crippen LogP contribution in [0.4, 0.5) is 0 Å². The lowest BCUT2D eigenvalue weighted by molar-refractivity contribution is -0.0397. The van der Waals surface area contributed by atoms with Crippen LogP contribution in [0.2, 0.25) is 0 Å². The van der Waals surface area contributed by atoms with Crippen LogP contribution < -0.4 is 0 Å². The number of benzene rings is 6. The normalized spacial score (nSPS) is 11.8. The van der Waals surface area contributed by atoms with Crippen molar-refractivity contribution < 1.29 is 93.5 Å². The number of hydrogen-bond acceptors (Lipinski definition) is 20. The highest BCUT2D eigenvalue weighted by molar-refractivity contribution is 7.85. The SMILES string of the molecule is CS(=O)(=O)OCCOCCOCCOCCOCCOCCOCCOCCOC(c1ccccc1)(c1ccccc1)c1ccccc1.OCCOCCOCCOCCOCCOCCOCCOCCOC(c1ccccc1)(c1ccccc1)c1ccccc1. The van der Waals surface area contributed by atoms with Gasteiger partial charge in [0, 0.05) is 0 Å². The van der Waals surface area contributed by atoms with Crippen molar-refractivity contribution in [2.45, 2.75) is 11.2 Å². The highest BCUT2D eigenvalue weighted by atomic mass is 32.2. The predicted octanol–water partition coefficient (Wildman–Crippen LogP) is 8.19. The van der Waals surface area contributed by atoms with E-state index in [1.807, 2.05) is 109 Å². The van der Waals surface area contributed by atoms with Crippen molar-refractivity contribution in [3.05, 3.63) is 215 Å². The molecular weight excluding hydrogens is 1200 g/mol. The number of hydrogen-bond donors (Lipinski definition) is 1. The third kappa shape index (κ3) is 32.6. The number of aliphatic hydroxyl groups excluding tert-OH is 1. The van der Waals surface area contributed by atoms with Crippen LogP contribution in [-0.4, -0.2) is 231 Å². The maximum absolute atomic E-state index is 10.8. The Balaban J connectivity index is 0.000000335. The maximum atomic E-state index is 10.8. The fourth-order valence-electron chi connectivity index (χ4n) is 9.20. The molecule has 0 aliphatic heterocycles. The molecule has 0 amide bonds. The van der Waals surface area contributed by atoms with Crippen LogP contribution in [-0.2, 0) is 101 Å². The second-order valence-electron chi connectivity index (χ2n) is 20.1. The first-order valence-electron chi connectivity index (χ1n) is 31.5. The molecule has 0 saturated heterocycles. The molecular formula is C71H98O20S. The van der Waals surface area contributed by atoms with Gasteiger partial charge >= 0.3 is 0 Å². The van der Waals surface area contributed by atoms with Crippen molar-refractivity contribution >= 4 is 10.1 Å². The van der Waals surface area contributed by atoms with E-state index in [0.717, 1.165) is 39.6 Å². The fraction of sp³-hybridized carbons (Fsp3) is 0.493. The summed E-state index contributed by atoms with van der Waals surface area (Å²) < 4.78 is 116. The average molecular weight is 1300 g/mol. The van der Waals surface area contributed by atoms with Gasteiger partial charge in [0.25, 0.3) is 10.1 Å². The topological polar surface area (TPSA) is 211 Å². The summed E-state index contributed by atoms with van der Waals surface area (Å²) in [5.41, 5.74) is 4.88. The van der Waals surface area contributed by atoms with Crippen molar-refractivity contribution in [3.8, 4) is 0 Å². The van der Waals surface area contributed by atoms with Gasteiger partial charge in [-0.05, 0) is 33.4 Å². The van der Waals surface area contributed by atoms with E-state index >= 15 is 0 Å². The molecule has 0 atom stereocenters. The van der Waals surface area contributed by atoms with Crippen molar-refractivity contribution in [1.82, 2.24) is 0 Å². The molecule has 0 aromatic heterocycles. The lowest BCUT2D eigenvalue weighted by Gasteiger charge is -2.36. The molecule has 1 N–H and O–H groups in total. The van der Waals surface area contributed by atoms with E-state index in [2.05, 4.69) is 77.0 Å². The van der Waals surface area contributed by atoms with Gasteiger partial charge in [0.15, 0.2) is 0 Å². The van der Waals surface area contributed by atoms with Crippen molar-refractivity contribution in [1.29, 1.82) is 0 Å². The number of aliphatic hydroxyl groups is 1. The molecule has 21 heteroatoms. The first-order chi connectivity index (χ1) is 45.4. The van der Waals surface area contributed by atoms with Gasteiger partial charge in [-0.1, -0.05) is 182 Å². The van der Waals surface area contributed by atoms with Gasteiger partial charge in [-0.25, -0.2) is 0 Å². The predicted molar refractivity (Wildman–Crippen MR) is 350 cm³/mol. The van der Waals surface area contributed by atoms with Crippen LogP contribution in [0.1, 0.15) is 33.4 Å². The second-order valence-corrected chi connectivity index (χ2v) is 21.7. The Morgan fingerprint density at radius 1 is 0.239 bits per heavy atom. The zero-order valence-electron chi connectivity index (χ0n) is 53.6. The van der Waals surface area contributed by atoms with Gasteiger partial charge in [0.05, 0.1) is 218 Å². The highest BCUT2D eigenvalue weighted by Crippen LogP contribution is 2.41. The van der Waals surface area contributed by atoms with Crippen LogP contribution >= 0.6 is 0 Å². The van der Waals surface area contributed by atoms with Gasteiger partial charge in [-0.3, -0.25) is 4.18 Å². The van der Waals surface area contributed by atoms with Gasteiger partial charge in [-0.2, -0.15) is 8.42 Å². The highest BCUT2D eigenvalue weighted by Gasteiger charge is 2.38. The van der Waals surface area contributed by atoms with Crippen LogP contribution in [0, 0.1) is 0 Å². The van der Waals surface area contributed by atoms with E-state index in [1.165, 1.54) is 0 Å². The summed E-state index contributed by atoms with van der Waals surface area (Å²) in [7, 11) is -3.43. The smallest absolute Gasteiger partial charge is 0.264 e. The summed E-state index contributed by atoms with van der Waals surface area (Å²) >= 11 is 0. The molecule has 0 unspecified atom stereocenters. The standard InChI is InChI=1S/C36H50O11S.C35H48O9/c1-48(37,38)47-32-30-45-28-26-43-24-22-41-20-18-39-17-19-40-21-23-42-25-27-44-29-31-46-36(33-11-5-2-6-12-33,34-13-7-3-8-14-34)35-15-9-4-10-16-35;36-16-17-37-18-19-38-20-21-39-22-23-40-24-25-41-26-27-42-28-29-43-30-31-44-35(32-10-4-1-5-11-32,33-12-6-2-7-13-33)34-14-8-3-9-15-34/h2-16H,17-32H2,1H3;1-15,36H,16-31H2. The molecule has 0 heterocycles. The molecule has 508 valence electrons. The van der Waals surface area contributed by atoms with Gasteiger partial charge in [0.2, 0.25) is 0 Å². The molecule has 0 bridgehead atoms. The van der Waals surface area contributed by atoms with Gasteiger partial charge < -0.3 is 80.9 Å². The van der Waals surface area contributed by atoms with Gasteiger partial charge in [-0.15, -0.1) is 0 Å². The fourth-order valence-corrected chi connectivity index (χ4v) is 9.57. The Labute approximate surface area is 545 Å². The van der Waals surface area contributed by atoms with Crippen LogP contribution in [0.15, 0.2) is 182 Å². The van der Waals surface area contributed by atoms with Gasteiger partial charge in [0.1, 0.15) is 11.2 Å². The molecule has 0 saturated carbocycles. The molecule has 0 aliphatic rings. The van der Waals surface area contributed by atoms with E-state index in [4.69, 9.17) is 80.9 Å². The Morgan fingerprint density at radius 3 is 0.554 bits per heavy atom. The lowest BCUT2D eigenvalue weighted by atomic mass is 9.80. The molecule has 92 heavy (non-hydrogen) atoms. The quantitative estimate of drug-likeness (QED) is 0.0217. The third-order valence-electron chi connectivity index (χ3n) is 13.4. The zero-order chi connectivity index (χ0) is 64.8. The first kappa shape index (κ1) is 77.3. The van der Waals surface area contributed by atoms with Crippen LogP contribution in [0.25, 0.3) is 0 Å². The van der Waals surface area contributed by atoms with Crippen molar-refractivity contribution in [2.24, 2.45) is 0 Å². The largest absolute Gasteiger partial charge is 0.394 e. The number of ether oxygens (including phenoxy) is 16. The molecule has 6 aromatic carbocycles. The summed E-state index contributed by atoms with van der Waals surface area (Å²) in [6, 6.07) is 61.8. The summed E-state index contributed by atoms with van der Waals surface area (Å²) in [6.07, 6.45) is 0.999. The minimum atomic E-state index is -3.43. The summed E-state index contributed by atoms with van der Waals surface area (Å²) in [5.74, 6) is 0. The van der Waals surface area contributed by atoms with E-state index in [9.17, 15) is 8.42 Å². The summed E-state index contributed by atoms with van der Waals surface area (Å²) in [6.45, 7) is 13.6. The van der Waals surface area contributed by atoms with E-state index in [0.29, 0.717) is 192 Å². The van der Waals surface area contributed by atoms with Crippen LogP contribution in [0.3, 0.4) is 0 Å². The Bertz CT molecular complexity index is 2530. The monoisotopic (exact) mass is 1300 g/mol. The minimum absolute atomic E-state index is 0.00343. The molecule has 6 aromatic rings. The number of rotatable bonds is 56. The van der Waals surface area contributed by atoms with E-state index in [-0.39, 0.29) is 19.8 Å². The molecule has 0 spiro atoms. The van der Waals surface area contributed by atoms with E-state index in [1.54, 1.807) is 0 Å². The average Bonchev–Trinajstić information content (AvgIpc) is 0.782. The summed E-state index contributed by atoms with van der Waals surface area (Å²) in [4.78, 5) is 0. The first-order valence-corrected chi connectivity index (χ1v) is 33.4. The maximum Gasteiger partial charge on any atom is 0.264 e. The molecule has 20 nitrogen and oxygen atoms in total. The van der Waals surface area contributed by atoms with E-state index < -0.39 is 21.3 Å². The zero-order valence-corrected chi connectivity index (χ0v) is 54.4. The summed E-state index contributed by atoms with van der Waals surface area (Å²) in [5, 5.41) is 8.60. The van der Waals surface area contributed by atoms with Crippen molar-refractivity contribution in [3.63, 3.8) is 0 Å². The minimum Gasteiger partial charge on any atom is -0.394 e. The van der Waals surface area contributed by atoms with Crippen molar-refractivity contribution in [2.75, 3.05) is 218 Å². The Kier molecular flexibility index (Phi) is 42.8. The Morgan fingerprint density at radius 2 is 0.391 bits per heavy atom. The molecule has 6 rings (SSSR count). The third-order valence-corrected chi connectivity index (χ3v) is 14.0. The molecule has 0 radical (unpaired) electrons.